The van der Waals surface area contributed by atoms with Gasteiger partial charge in [-0.1, -0.05) is 0 Å². The van der Waals surface area contributed by atoms with E-state index in [0.29, 0.717) is 16.7 Å². The van der Waals surface area contributed by atoms with Crippen molar-refractivity contribution in [2.45, 2.75) is 6.92 Å². The Morgan fingerprint density at radius 2 is 1.83 bits per heavy atom. The molecule has 0 unspecified atom stereocenters. The number of nitrogens with zero attached hydrogens (tertiary/aromatic N) is 1. The summed E-state index contributed by atoms with van der Waals surface area (Å²) in [6, 6.07) is 8.38. The number of carboxylic acids is 1. The Hall–Kier alpha value is -4.14. The first-order chi connectivity index (χ1) is 13.8. The first kappa shape index (κ1) is 19.6. The van der Waals surface area contributed by atoms with Crippen molar-refractivity contribution in [1.29, 1.82) is 0 Å². The minimum Gasteiger partial charge on any atom is -0.507 e. The number of aromatic carboxylic acids is 1. The highest BCUT2D eigenvalue weighted by molar-refractivity contribution is 6.69. The van der Waals surface area contributed by atoms with E-state index in [1.807, 2.05) is 0 Å². The molecule has 0 spiro atoms. The van der Waals surface area contributed by atoms with Crippen LogP contribution in [-0.2, 0) is 4.79 Å². The normalized spacial score (nSPS) is 11.3. The second-order valence-corrected chi connectivity index (χ2v) is 5.98. The Balaban J connectivity index is 1.99. The fourth-order valence-corrected chi connectivity index (χ4v) is 2.71. The molecule has 9 nitrogen and oxygen atoms in total. The number of carbonyl (C=O) groups excluding carboxylic acids is 2. The minimum atomic E-state index is -1.09. The van der Waals surface area contributed by atoms with E-state index in [-0.39, 0.29) is 16.9 Å². The number of carboxylic acid groups (broad SMARTS) is 1. The molecule has 0 aliphatic heterocycles. The SMILES string of the molecule is COc1c(C(=O)/C(=N/Nc2ccc(C(=O)O)cc2)C(C)=O)c(O)cc2occc12. The van der Waals surface area contributed by atoms with Crippen LogP contribution in [0.3, 0.4) is 0 Å². The molecule has 3 rings (SSSR count). The summed E-state index contributed by atoms with van der Waals surface area (Å²) in [5, 5.41) is 23.5. The number of ketones is 2. The van der Waals surface area contributed by atoms with Crippen LogP contribution in [0.5, 0.6) is 11.5 Å². The number of phenolic OH excluding ortho intramolecular Hbond substituents is 1. The second-order valence-electron chi connectivity index (χ2n) is 5.98. The molecule has 0 aliphatic carbocycles. The number of nitrogens with one attached hydrogen (secondary N) is 1. The molecule has 3 aromatic rings. The molecule has 1 heterocycles. The Labute approximate surface area is 164 Å². The zero-order valence-electron chi connectivity index (χ0n) is 15.4. The number of Topliss-reactive ketones (excluding diaryl/α,β-unsaturated/α-hetero) is 2. The molecule has 9 heteroatoms. The average molecular weight is 396 g/mol. The third kappa shape index (κ3) is 3.79. The van der Waals surface area contributed by atoms with E-state index < -0.39 is 29.0 Å². The second kappa shape index (κ2) is 7.85. The molecule has 0 aliphatic rings. The number of methoxy groups -OCH3 is 1. The Morgan fingerprint density at radius 3 is 2.41 bits per heavy atom. The maximum Gasteiger partial charge on any atom is 0.335 e. The summed E-state index contributed by atoms with van der Waals surface area (Å²) in [6.45, 7) is 1.16. The van der Waals surface area contributed by atoms with E-state index >= 15 is 0 Å². The topological polar surface area (TPSA) is 138 Å². The molecule has 29 heavy (non-hydrogen) atoms. The first-order valence-corrected chi connectivity index (χ1v) is 8.33. The predicted octanol–water partition coefficient (Wildman–Crippen LogP) is 3.09. The van der Waals surface area contributed by atoms with Gasteiger partial charge >= 0.3 is 5.97 Å². The van der Waals surface area contributed by atoms with Crippen LogP contribution < -0.4 is 10.2 Å². The number of hydrogen-bond donors (Lipinski definition) is 3. The van der Waals surface area contributed by atoms with E-state index in [4.69, 9.17) is 14.3 Å². The molecule has 0 fully saturated rings. The lowest BCUT2D eigenvalue weighted by Crippen LogP contribution is -2.24. The zero-order chi connectivity index (χ0) is 21.1. The van der Waals surface area contributed by atoms with Gasteiger partial charge in [-0.15, -0.1) is 0 Å². The number of ether oxygens (including phenoxy) is 1. The summed E-state index contributed by atoms with van der Waals surface area (Å²) >= 11 is 0. The van der Waals surface area contributed by atoms with Crippen LogP contribution in [-0.4, -0.2) is 40.6 Å². The lowest BCUT2D eigenvalue weighted by molar-refractivity contribution is -0.111. The molecule has 2 aromatic carbocycles. The molecule has 148 valence electrons. The quantitative estimate of drug-likeness (QED) is 0.240. The van der Waals surface area contributed by atoms with Gasteiger partial charge in [-0.05, 0) is 30.3 Å². The lowest BCUT2D eigenvalue weighted by atomic mass is 10.0. The number of phenols is 1. The van der Waals surface area contributed by atoms with Crippen molar-refractivity contribution in [3.8, 4) is 11.5 Å². The van der Waals surface area contributed by atoms with Crippen molar-refractivity contribution in [3.05, 3.63) is 53.8 Å². The molecular formula is C20H16N2O7. The monoisotopic (exact) mass is 396 g/mol. The fraction of sp³-hybridized carbons (Fsp3) is 0.100. The number of fused-ring (bicyclic) bond motifs is 1. The first-order valence-electron chi connectivity index (χ1n) is 8.33. The number of furan rings is 1. The molecular weight excluding hydrogens is 380 g/mol. The highest BCUT2D eigenvalue weighted by Crippen LogP contribution is 2.37. The summed E-state index contributed by atoms with van der Waals surface area (Å²) < 4.78 is 10.5. The standard InChI is InChI=1S/C20H16N2O7/c1-10(23)17(22-21-12-5-3-11(4-6-12)20(26)27)18(25)16-14(24)9-15-13(7-8-29-15)19(16)28-2/h3-9,21,24H,1-2H3,(H,26,27)/b22-17+. The van der Waals surface area contributed by atoms with Crippen molar-refractivity contribution < 1.29 is 33.8 Å². The molecule has 0 radical (unpaired) electrons. The number of carbonyl (C=O) groups is 3. The summed E-state index contributed by atoms with van der Waals surface area (Å²) in [5.74, 6) is -2.94. The predicted molar refractivity (Wildman–Crippen MR) is 104 cm³/mol. The molecule has 0 amide bonds. The van der Waals surface area contributed by atoms with Crippen LogP contribution in [0.4, 0.5) is 5.69 Å². The van der Waals surface area contributed by atoms with Gasteiger partial charge in [0.05, 0.1) is 30.0 Å². The van der Waals surface area contributed by atoms with Crippen molar-refractivity contribution in [2.75, 3.05) is 12.5 Å². The van der Waals surface area contributed by atoms with Crippen LogP contribution >= 0.6 is 0 Å². The summed E-state index contributed by atoms with van der Waals surface area (Å²) in [6.07, 6.45) is 1.38. The van der Waals surface area contributed by atoms with Gasteiger partial charge in [-0.25, -0.2) is 4.79 Å². The van der Waals surface area contributed by atoms with E-state index in [9.17, 15) is 19.5 Å². The zero-order valence-corrected chi connectivity index (χ0v) is 15.4. The van der Waals surface area contributed by atoms with Gasteiger partial charge in [-0.3, -0.25) is 15.0 Å². The molecule has 0 bridgehead atoms. The maximum atomic E-state index is 13.0. The Morgan fingerprint density at radius 1 is 1.14 bits per heavy atom. The van der Waals surface area contributed by atoms with Gasteiger partial charge in [0.15, 0.2) is 11.5 Å². The number of anilines is 1. The van der Waals surface area contributed by atoms with E-state index in [2.05, 4.69) is 10.5 Å². The largest absolute Gasteiger partial charge is 0.507 e. The van der Waals surface area contributed by atoms with E-state index in [0.717, 1.165) is 6.92 Å². The number of hydrazone groups is 1. The van der Waals surface area contributed by atoms with Crippen LogP contribution in [0, 0.1) is 0 Å². The molecule has 0 saturated carbocycles. The number of aromatic hydroxyl groups is 1. The Bertz CT molecular complexity index is 1140. The number of benzene rings is 2. The van der Waals surface area contributed by atoms with Crippen LogP contribution in [0.1, 0.15) is 27.6 Å². The van der Waals surface area contributed by atoms with Crippen molar-refractivity contribution in [2.24, 2.45) is 5.10 Å². The average Bonchev–Trinajstić information content (AvgIpc) is 3.14. The highest BCUT2D eigenvalue weighted by Gasteiger charge is 2.28. The third-order valence-corrected chi connectivity index (χ3v) is 4.10. The van der Waals surface area contributed by atoms with Gasteiger partial charge in [0, 0.05) is 13.0 Å². The molecule has 3 N–H and O–H groups in total. The van der Waals surface area contributed by atoms with Gasteiger partial charge < -0.3 is 19.4 Å². The number of hydrogen-bond acceptors (Lipinski definition) is 8. The molecule has 0 saturated heterocycles. The van der Waals surface area contributed by atoms with Crippen molar-refractivity contribution >= 4 is 39.9 Å². The maximum absolute atomic E-state index is 13.0. The number of rotatable bonds is 7. The van der Waals surface area contributed by atoms with Gasteiger partial charge in [-0.2, -0.15) is 5.10 Å². The van der Waals surface area contributed by atoms with Gasteiger partial charge in [0.25, 0.3) is 0 Å². The summed E-state index contributed by atoms with van der Waals surface area (Å²) in [4.78, 5) is 35.9. The molecule has 1 aromatic heterocycles. The van der Waals surface area contributed by atoms with Crippen molar-refractivity contribution in [1.82, 2.24) is 0 Å². The van der Waals surface area contributed by atoms with Crippen LogP contribution in [0.15, 0.2) is 52.2 Å². The minimum absolute atomic E-state index is 0.0542. The molecule has 0 atom stereocenters. The van der Waals surface area contributed by atoms with E-state index in [1.165, 1.54) is 43.7 Å². The van der Waals surface area contributed by atoms with Crippen LogP contribution in [0.25, 0.3) is 11.0 Å². The smallest absolute Gasteiger partial charge is 0.335 e. The summed E-state index contributed by atoms with van der Waals surface area (Å²) in [7, 11) is 1.32. The van der Waals surface area contributed by atoms with Crippen molar-refractivity contribution in [3.63, 3.8) is 0 Å². The summed E-state index contributed by atoms with van der Waals surface area (Å²) in [5.41, 5.74) is 2.60. The third-order valence-electron chi connectivity index (χ3n) is 4.10. The fourth-order valence-electron chi connectivity index (χ4n) is 2.71. The van der Waals surface area contributed by atoms with E-state index in [1.54, 1.807) is 6.07 Å². The Kier molecular flexibility index (Phi) is 5.31. The highest BCUT2D eigenvalue weighted by atomic mass is 16.5. The van der Waals surface area contributed by atoms with Crippen LogP contribution in [0.2, 0.25) is 0 Å². The van der Waals surface area contributed by atoms with Gasteiger partial charge in [0.2, 0.25) is 5.78 Å². The van der Waals surface area contributed by atoms with Gasteiger partial charge in [0.1, 0.15) is 22.6 Å². The lowest BCUT2D eigenvalue weighted by Gasteiger charge is -2.11.